The largest absolute Gasteiger partial charge is 0.497 e. The molecule has 2 aromatic rings. The van der Waals surface area contributed by atoms with Crippen LogP contribution in [0.25, 0.3) is 11.3 Å². The molecule has 3 rings (SSSR count). The molecule has 2 heterocycles. The minimum Gasteiger partial charge on any atom is -0.497 e. The molecule has 3 nitrogen and oxygen atoms in total. The van der Waals surface area contributed by atoms with Crippen LogP contribution in [-0.2, 0) is 0 Å². The number of nitrogens with zero attached hydrogens (tertiary/aromatic N) is 1. The molecule has 1 fully saturated rings. The maximum absolute atomic E-state index is 5.15. The van der Waals surface area contributed by atoms with Crippen LogP contribution in [0.1, 0.15) is 10.9 Å². The third-order valence-corrected chi connectivity index (χ3v) is 4.05. The highest BCUT2D eigenvalue weighted by molar-refractivity contribution is 7.10. The molecule has 0 bridgehead atoms. The van der Waals surface area contributed by atoms with Crippen molar-refractivity contribution in [3.05, 3.63) is 34.7 Å². The Kier molecular flexibility index (Phi) is 2.82. The Hall–Kier alpha value is -1.39. The Balaban J connectivity index is 1.84. The fourth-order valence-corrected chi connectivity index (χ4v) is 2.76. The maximum Gasteiger partial charge on any atom is 0.118 e. The summed E-state index contributed by atoms with van der Waals surface area (Å²) in [6.07, 6.45) is 0. The van der Waals surface area contributed by atoms with Crippen molar-refractivity contribution in [3.8, 4) is 17.0 Å². The molecule has 0 atom stereocenters. The molecule has 0 unspecified atom stereocenters. The summed E-state index contributed by atoms with van der Waals surface area (Å²) in [5.41, 5.74) is 2.22. The van der Waals surface area contributed by atoms with Crippen molar-refractivity contribution >= 4 is 11.3 Å². The van der Waals surface area contributed by atoms with Crippen LogP contribution in [0.3, 0.4) is 0 Å². The lowest BCUT2D eigenvalue weighted by atomic mass is 10.1. The van der Waals surface area contributed by atoms with E-state index >= 15 is 0 Å². The summed E-state index contributed by atoms with van der Waals surface area (Å²) in [6, 6.07) is 8.05. The van der Waals surface area contributed by atoms with Gasteiger partial charge in [-0.1, -0.05) is 0 Å². The highest BCUT2D eigenvalue weighted by Gasteiger charge is 2.22. The molecule has 0 amide bonds. The predicted octanol–water partition coefficient (Wildman–Crippen LogP) is 2.51. The van der Waals surface area contributed by atoms with Crippen molar-refractivity contribution in [2.24, 2.45) is 0 Å². The monoisotopic (exact) mass is 246 g/mol. The standard InChI is InChI=1S/C13H14N2OS/c1-16-11-4-2-9(3-5-11)12-8-17-13(15-12)10-6-14-7-10/h2-5,8,10,14H,6-7H2,1H3. The molecule has 4 heteroatoms. The van der Waals surface area contributed by atoms with Crippen LogP contribution in [0.2, 0.25) is 0 Å². The van der Waals surface area contributed by atoms with Gasteiger partial charge in [0.15, 0.2) is 0 Å². The molecule has 1 aromatic carbocycles. The zero-order chi connectivity index (χ0) is 11.7. The van der Waals surface area contributed by atoms with Crippen LogP contribution in [0.15, 0.2) is 29.6 Å². The van der Waals surface area contributed by atoms with Crippen molar-refractivity contribution in [2.45, 2.75) is 5.92 Å². The van der Waals surface area contributed by atoms with E-state index < -0.39 is 0 Å². The number of methoxy groups -OCH3 is 1. The van der Waals surface area contributed by atoms with Crippen molar-refractivity contribution < 1.29 is 4.74 Å². The zero-order valence-electron chi connectivity index (χ0n) is 9.64. The van der Waals surface area contributed by atoms with Gasteiger partial charge in [-0.25, -0.2) is 4.98 Å². The molecule has 1 aliphatic rings. The van der Waals surface area contributed by atoms with E-state index in [0.29, 0.717) is 5.92 Å². The summed E-state index contributed by atoms with van der Waals surface area (Å²) in [4.78, 5) is 4.70. The topological polar surface area (TPSA) is 34.1 Å². The van der Waals surface area contributed by atoms with Crippen LogP contribution in [-0.4, -0.2) is 25.2 Å². The Morgan fingerprint density at radius 2 is 2.06 bits per heavy atom. The molecule has 1 N–H and O–H groups in total. The number of benzene rings is 1. The molecular weight excluding hydrogens is 232 g/mol. The van der Waals surface area contributed by atoms with E-state index in [2.05, 4.69) is 22.8 Å². The fourth-order valence-electron chi connectivity index (χ4n) is 1.83. The van der Waals surface area contributed by atoms with Gasteiger partial charge in [-0.05, 0) is 24.3 Å². The number of rotatable bonds is 3. The summed E-state index contributed by atoms with van der Waals surface area (Å²) in [5.74, 6) is 1.50. The Morgan fingerprint density at radius 3 is 2.65 bits per heavy atom. The molecule has 1 aliphatic heterocycles. The highest BCUT2D eigenvalue weighted by atomic mass is 32.1. The Labute approximate surface area is 104 Å². The van der Waals surface area contributed by atoms with Gasteiger partial charge in [0.1, 0.15) is 5.75 Å². The first kappa shape index (κ1) is 10.7. The first-order valence-electron chi connectivity index (χ1n) is 5.67. The highest BCUT2D eigenvalue weighted by Crippen LogP contribution is 2.29. The van der Waals surface area contributed by atoms with E-state index in [1.807, 2.05) is 12.1 Å². The number of hydrogen-bond donors (Lipinski definition) is 1. The van der Waals surface area contributed by atoms with Gasteiger partial charge in [0.25, 0.3) is 0 Å². The van der Waals surface area contributed by atoms with Crippen LogP contribution >= 0.6 is 11.3 Å². The normalized spacial score (nSPS) is 15.6. The van der Waals surface area contributed by atoms with E-state index in [-0.39, 0.29) is 0 Å². The lowest BCUT2D eigenvalue weighted by Crippen LogP contribution is -2.39. The first-order valence-corrected chi connectivity index (χ1v) is 6.55. The predicted molar refractivity (Wildman–Crippen MR) is 69.7 cm³/mol. The molecule has 1 saturated heterocycles. The summed E-state index contributed by atoms with van der Waals surface area (Å²) < 4.78 is 5.15. The van der Waals surface area contributed by atoms with Crippen LogP contribution in [0, 0.1) is 0 Å². The van der Waals surface area contributed by atoms with Crippen molar-refractivity contribution in [2.75, 3.05) is 20.2 Å². The van der Waals surface area contributed by atoms with Gasteiger partial charge >= 0.3 is 0 Å². The first-order chi connectivity index (χ1) is 8.36. The second-order valence-corrected chi connectivity index (χ2v) is 5.04. The third-order valence-electron chi connectivity index (χ3n) is 3.04. The molecule has 0 spiro atoms. The van der Waals surface area contributed by atoms with Gasteiger partial charge in [0.2, 0.25) is 0 Å². The van der Waals surface area contributed by atoms with E-state index in [0.717, 1.165) is 30.1 Å². The fraction of sp³-hybridized carbons (Fsp3) is 0.308. The Bertz CT molecular complexity index is 502. The summed E-state index contributed by atoms with van der Waals surface area (Å²) in [7, 11) is 1.68. The molecule has 88 valence electrons. The number of hydrogen-bond acceptors (Lipinski definition) is 4. The zero-order valence-corrected chi connectivity index (χ0v) is 10.5. The van der Waals surface area contributed by atoms with E-state index in [9.17, 15) is 0 Å². The minimum absolute atomic E-state index is 0.618. The van der Waals surface area contributed by atoms with Crippen molar-refractivity contribution in [3.63, 3.8) is 0 Å². The SMILES string of the molecule is COc1ccc(-c2csc(C3CNC3)n2)cc1. The molecule has 0 aliphatic carbocycles. The van der Waals surface area contributed by atoms with Gasteiger partial charge in [0, 0.05) is 30.0 Å². The van der Waals surface area contributed by atoms with Gasteiger partial charge < -0.3 is 10.1 Å². The summed E-state index contributed by atoms with van der Waals surface area (Å²) in [6.45, 7) is 2.13. The summed E-state index contributed by atoms with van der Waals surface area (Å²) in [5, 5.41) is 6.65. The molecule has 1 aromatic heterocycles. The minimum atomic E-state index is 0.618. The van der Waals surface area contributed by atoms with Gasteiger partial charge in [-0.3, -0.25) is 0 Å². The Morgan fingerprint density at radius 1 is 1.29 bits per heavy atom. The van der Waals surface area contributed by atoms with E-state index in [1.54, 1.807) is 18.4 Å². The van der Waals surface area contributed by atoms with Gasteiger partial charge in [0.05, 0.1) is 17.8 Å². The molecular formula is C13H14N2OS. The number of aromatic nitrogens is 1. The average Bonchev–Trinajstić information content (AvgIpc) is 2.76. The lowest BCUT2D eigenvalue weighted by Gasteiger charge is -2.24. The van der Waals surface area contributed by atoms with Gasteiger partial charge in [-0.15, -0.1) is 11.3 Å². The number of ether oxygens (including phenoxy) is 1. The average molecular weight is 246 g/mol. The second kappa shape index (κ2) is 4.47. The van der Waals surface area contributed by atoms with Gasteiger partial charge in [-0.2, -0.15) is 0 Å². The molecule has 0 radical (unpaired) electrons. The maximum atomic E-state index is 5.15. The van der Waals surface area contributed by atoms with Crippen LogP contribution < -0.4 is 10.1 Å². The second-order valence-electron chi connectivity index (χ2n) is 4.15. The molecule has 0 saturated carbocycles. The van der Waals surface area contributed by atoms with Crippen LogP contribution in [0.4, 0.5) is 0 Å². The number of thiazole rings is 1. The smallest absolute Gasteiger partial charge is 0.118 e. The van der Waals surface area contributed by atoms with Crippen molar-refractivity contribution in [1.82, 2.24) is 10.3 Å². The van der Waals surface area contributed by atoms with Crippen molar-refractivity contribution in [1.29, 1.82) is 0 Å². The number of nitrogens with one attached hydrogen (secondary N) is 1. The molecule has 17 heavy (non-hydrogen) atoms. The third kappa shape index (κ3) is 2.06. The van der Waals surface area contributed by atoms with E-state index in [1.165, 1.54) is 5.01 Å². The lowest BCUT2D eigenvalue weighted by molar-refractivity contribution is 0.415. The van der Waals surface area contributed by atoms with Crippen LogP contribution in [0.5, 0.6) is 5.75 Å². The van der Waals surface area contributed by atoms with E-state index in [4.69, 9.17) is 9.72 Å². The summed E-state index contributed by atoms with van der Waals surface area (Å²) >= 11 is 1.76. The quantitative estimate of drug-likeness (QED) is 0.903.